The summed E-state index contributed by atoms with van der Waals surface area (Å²) in [6, 6.07) is 6.48. The summed E-state index contributed by atoms with van der Waals surface area (Å²) in [6.45, 7) is 1.82. The number of rotatable bonds is 3. The lowest BCUT2D eigenvalue weighted by molar-refractivity contribution is 0.593. The first-order valence-corrected chi connectivity index (χ1v) is 9.05. The Morgan fingerprint density at radius 2 is 1.86 bits per heavy atom. The molecule has 0 saturated heterocycles. The van der Waals surface area contributed by atoms with Gasteiger partial charge in [0.25, 0.3) is 0 Å². The van der Waals surface area contributed by atoms with E-state index in [2.05, 4.69) is 10.1 Å². The van der Waals surface area contributed by atoms with Crippen molar-refractivity contribution in [2.75, 3.05) is 6.26 Å². The van der Waals surface area contributed by atoms with Gasteiger partial charge in [0.1, 0.15) is 10.8 Å². The summed E-state index contributed by atoms with van der Waals surface area (Å²) in [5.74, 6) is -0.488. The second-order valence-electron chi connectivity index (χ2n) is 4.62. The number of hydrogen-bond donors (Lipinski definition) is 0. The minimum Gasteiger partial charge on any atom is -0.236 e. The van der Waals surface area contributed by atoms with Crippen molar-refractivity contribution in [1.29, 1.82) is 0 Å². The summed E-state index contributed by atoms with van der Waals surface area (Å²) in [6.07, 6.45) is 3.29. The Morgan fingerprint density at radius 1 is 1.18 bits per heavy atom. The van der Waals surface area contributed by atoms with Crippen LogP contribution in [0.2, 0.25) is 0 Å². The molecule has 0 amide bonds. The zero-order valence-electron chi connectivity index (χ0n) is 11.8. The maximum Gasteiger partial charge on any atom is 0.213 e. The Morgan fingerprint density at radius 3 is 2.50 bits per heavy atom. The van der Waals surface area contributed by atoms with Crippen molar-refractivity contribution in [3.63, 3.8) is 0 Å². The van der Waals surface area contributed by atoms with Crippen LogP contribution < -0.4 is 0 Å². The molecule has 3 rings (SSSR count). The van der Waals surface area contributed by atoms with Gasteiger partial charge in [0.05, 0.1) is 4.90 Å². The van der Waals surface area contributed by atoms with Crippen LogP contribution in [-0.2, 0) is 9.84 Å². The summed E-state index contributed by atoms with van der Waals surface area (Å²) < 4.78 is 40.3. The Kier molecular flexibility index (Phi) is 3.65. The standard InChI is InChI=1S/C14H12FN3O2S2/c1-9-7-8-16-13-12(14(21-2)17-18(9)13)22(19,20)11-5-3-10(15)4-6-11/h3-8H,1-2H3. The first kappa shape index (κ1) is 15.0. The largest absolute Gasteiger partial charge is 0.236 e. The molecular formula is C14H12FN3O2S2. The molecule has 0 bridgehead atoms. The minimum absolute atomic E-state index is 0.0161. The normalized spacial score (nSPS) is 12.0. The molecule has 0 N–H and O–H groups in total. The van der Waals surface area contributed by atoms with E-state index in [9.17, 15) is 12.8 Å². The van der Waals surface area contributed by atoms with Crippen molar-refractivity contribution < 1.29 is 12.8 Å². The number of benzene rings is 1. The molecule has 0 saturated carbocycles. The third-order valence-electron chi connectivity index (χ3n) is 3.22. The van der Waals surface area contributed by atoms with Gasteiger partial charge in [0.2, 0.25) is 9.84 Å². The number of halogens is 1. The van der Waals surface area contributed by atoms with E-state index >= 15 is 0 Å². The van der Waals surface area contributed by atoms with Gasteiger partial charge in [0.15, 0.2) is 10.5 Å². The summed E-state index contributed by atoms with van der Waals surface area (Å²) in [7, 11) is -3.83. The molecule has 0 fully saturated rings. The fraction of sp³-hybridized carbons (Fsp3) is 0.143. The maximum atomic E-state index is 13.0. The van der Waals surface area contributed by atoms with E-state index in [4.69, 9.17) is 0 Å². The Hall–Kier alpha value is -1.93. The van der Waals surface area contributed by atoms with Crippen LogP contribution in [0.3, 0.4) is 0 Å². The van der Waals surface area contributed by atoms with Crippen molar-refractivity contribution in [3.8, 4) is 0 Å². The predicted molar refractivity (Wildman–Crippen MR) is 81.4 cm³/mol. The highest BCUT2D eigenvalue weighted by Gasteiger charge is 2.28. The van der Waals surface area contributed by atoms with Gasteiger partial charge in [0, 0.05) is 11.9 Å². The molecule has 2 aromatic heterocycles. The average molecular weight is 337 g/mol. The summed E-state index contributed by atoms with van der Waals surface area (Å²) in [4.78, 5) is 4.22. The molecule has 0 unspecified atom stereocenters. The van der Waals surface area contributed by atoms with E-state index in [0.717, 1.165) is 17.8 Å². The van der Waals surface area contributed by atoms with Gasteiger partial charge < -0.3 is 0 Å². The van der Waals surface area contributed by atoms with Crippen molar-refractivity contribution in [2.24, 2.45) is 0 Å². The molecule has 0 radical (unpaired) electrons. The lowest BCUT2D eigenvalue weighted by atomic mass is 10.4. The number of hydrogen-bond acceptors (Lipinski definition) is 5. The first-order chi connectivity index (χ1) is 10.4. The van der Waals surface area contributed by atoms with E-state index in [1.165, 1.54) is 28.4 Å². The topological polar surface area (TPSA) is 64.3 Å². The molecule has 3 aromatic rings. The number of aryl methyl sites for hydroxylation is 1. The van der Waals surface area contributed by atoms with Gasteiger partial charge in [-0.15, -0.1) is 11.8 Å². The van der Waals surface area contributed by atoms with E-state index in [1.54, 1.807) is 18.5 Å². The molecule has 0 atom stereocenters. The van der Waals surface area contributed by atoms with Crippen LogP contribution in [0.4, 0.5) is 4.39 Å². The molecule has 22 heavy (non-hydrogen) atoms. The van der Waals surface area contributed by atoms with Crippen LogP contribution in [-0.4, -0.2) is 29.3 Å². The van der Waals surface area contributed by atoms with Crippen LogP contribution in [0.25, 0.3) is 5.65 Å². The summed E-state index contributed by atoms with van der Waals surface area (Å²) in [5, 5.41) is 4.67. The van der Waals surface area contributed by atoms with E-state index in [0.29, 0.717) is 5.03 Å². The monoisotopic (exact) mass is 337 g/mol. The van der Waals surface area contributed by atoms with E-state index in [1.807, 2.05) is 6.92 Å². The summed E-state index contributed by atoms with van der Waals surface area (Å²) >= 11 is 1.23. The van der Waals surface area contributed by atoms with Gasteiger partial charge in [-0.25, -0.2) is 22.3 Å². The van der Waals surface area contributed by atoms with E-state index in [-0.39, 0.29) is 15.4 Å². The number of fused-ring (bicyclic) bond motifs is 1. The highest BCUT2D eigenvalue weighted by molar-refractivity contribution is 7.99. The molecule has 8 heteroatoms. The lowest BCUT2D eigenvalue weighted by Crippen LogP contribution is -2.04. The van der Waals surface area contributed by atoms with Gasteiger partial charge in [-0.3, -0.25) is 0 Å². The fourth-order valence-electron chi connectivity index (χ4n) is 2.12. The molecular weight excluding hydrogens is 325 g/mol. The Balaban J connectivity index is 2.33. The number of nitrogens with zero attached hydrogens (tertiary/aromatic N) is 3. The minimum atomic E-state index is -3.83. The second-order valence-corrected chi connectivity index (χ2v) is 7.30. The molecule has 0 aliphatic carbocycles. The molecule has 114 valence electrons. The molecule has 0 spiro atoms. The average Bonchev–Trinajstić information content (AvgIpc) is 2.88. The highest BCUT2D eigenvalue weighted by Crippen LogP contribution is 2.32. The van der Waals surface area contributed by atoms with E-state index < -0.39 is 15.7 Å². The highest BCUT2D eigenvalue weighted by atomic mass is 32.2. The predicted octanol–water partition coefficient (Wildman–Crippen LogP) is 2.73. The molecule has 0 aliphatic rings. The van der Waals surface area contributed by atoms with Crippen molar-refractivity contribution in [1.82, 2.24) is 14.6 Å². The van der Waals surface area contributed by atoms with Crippen LogP contribution >= 0.6 is 11.8 Å². The van der Waals surface area contributed by atoms with Crippen molar-refractivity contribution in [2.45, 2.75) is 21.7 Å². The zero-order valence-corrected chi connectivity index (χ0v) is 13.4. The number of aromatic nitrogens is 3. The maximum absolute atomic E-state index is 13.0. The zero-order chi connectivity index (χ0) is 15.9. The molecule has 5 nitrogen and oxygen atoms in total. The Labute approximate surface area is 131 Å². The first-order valence-electron chi connectivity index (χ1n) is 6.34. The molecule has 0 aliphatic heterocycles. The smallest absolute Gasteiger partial charge is 0.213 e. The molecule has 1 aromatic carbocycles. The van der Waals surface area contributed by atoms with Gasteiger partial charge in [-0.2, -0.15) is 5.10 Å². The Bertz CT molecular complexity index is 950. The molecule has 2 heterocycles. The van der Waals surface area contributed by atoms with Crippen molar-refractivity contribution in [3.05, 3.63) is 48.0 Å². The van der Waals surface area contributed by atoms with Crippen LogP contribution in [0.5, 0.6) is 0 Å². The second kappa shape index (κ2) is 5.36. The fourth-order valence-corrected chi connectivity index (χ4v) is 4.52. The van der Waals surface area contributed by atoms with Crippen LogP contribution in [0.15, 0.2) is 51.3 Å². The van der Waals surface area contributed by atoms with Gasteiger partial charge >= 0.3 is 0 Å². The van der Waals surface area contributed by atoms with Crippen LogP contribution in [0.1, 0.15) is 5.69 Å². The van der Waals surface area contributed by atoms with Crippen LogP contribution in [0, 0.1) is 12.7 Å². The lowest BCUT2D eigenvalue weighted by Gasteiger charge is -2.04. The number of thioether (sulfide) groups is 1. The van der Waals surface area contributed by atoms with Gasteiger partial charge in [-0.1, -0.05) is 0 Å². The third kappa shape index (κ3) is 2.28. The quantitative estimate of drug-likeness (QED) is 0.543. The summed E-state index contributed by atoms with van der Waals surface area (Å²) in [5.41, 5.74) is 1.05. The van der Waals surface area contributed by atoms with Gasteiger partial charge in [-0.05, 0) is 43.5 Å². The SMILES string of the molecule is CSc1nn2c(C)ccnc2c1S(=O)(=O)c1ccc(F)cc1. The third-order valence-corrected chi connectivity index (χ3v) is 5.83. The number of sulfone groups is 1. The van der Waals surface area contributed by atoms with Crippen molar-refractivity contribution >= 4 is 27.2 Å².